The number of fused-ring (bicyclic) bond motifs is 2. The summed E-state index contributed by atoms with van der Waals surface area (Å²) < 4.78 is 10.7. The Morgan fingerprint density at radius 2 is 1.81 bits per heavy atom. The van der Waals surface area contributed by atoms with Crippen molar-refractivity contribution in [3.05, 3.63) is 59.7 Å². The van der Waals surface area contributed by atoms with Crippen LogP contribution in [0.2, 0.25) is 0 Å². The Bertz CT molecular complexity index is 970. The number of hydrogen-bond donors (Lipinski definition) is 2. The first-order chi connectivity index (χ1) is 12.8. The van der Waals surface area contributed by atoms with Crippen LogP contribution >= 0.6 is 0 Å². The molecule has 0 saturated carbocycles. The molecule has 26 heavy (non-hydrogen) atoms. The molecule has 5 rings (SSSR count). The van der Waals surface area contributed by atoms with E-state index in [1.165, 1.54) is 11.1 Å². The predicted octanol–water partition coefficient (Wildman–Crippen LogP) is 3.16. The molecule has 2 aromatic carbocycles. The van der Waals surface area contributed by atoms with Gasteiger partial charge in [-0.2, -0.15) is 5.10 Å². The minimum atomic E-state index is -0.0434. The minimum Gasteiger partial charge on any atom is -0.454 e. The fourth-order valence-electron chi connectivity index (χ4n) is 3.57. The third kappa shape index (κ3) is 2.60. The number of aromatic nitrogens is 2. The summed E-state index contributed by atoms with van der Waals surface area (Å²) in [5.41, 5.74) is 4.26. The first kappa shape index (κ1) is 15.0. The van der Waals surface area contributed by atoms with E-state index in [2.05, 4.69) is 27.6 Å². The van der Waals surface area contributed by atoms with Crippen LogP contribution in [0, 0.1) is 5.92 Å². The molecule has 2 N–H and O–H groups in total. The molecule has 3 aromatic rings. The van der Waals surface area contributed by atoms with Gasteiger partial charge in [-0.1, -0.05) is 24.3 Å². The molecule has 0 unspecified atom stereocenters. The van der Waals surface area contributed by atoms with E-state index in [0.717, 1.165) is 29.8 Å². The van der Waals surface area contributed by atoms with Gasteiger partial charge in [-0.25, -0.2) is 0 Å². The molecule has 0 saturated heterocycles. The molecule has 2 aliphatic rings. The minimum absolute atomic E-state index is 0.00457. The molecule has 130 valence electrons. The second kappa shape index (κ2) is 5.91. The zero-order valence-electron chi connectivity index (χ0n) is 14.0. The van der Waals surface area contributed by atoms with Crippen LogP contribution < -0.4 is 14.8 Å². The standard InChI is InChI=1S/C20H17N3O3/c24-20(15-7-12-3-1-2-4-13(12)8-15)21-19-10-16(22-23-19)14-5-6-17-18(9-14)26-11-25-17/h1-6,9-10,15H,7-8,11H2,(H2,21,22,23,24). The lowest BCUT2D eigenvalue weighted by Gasteiger charge is -2.07. The Labute approximate surface area is 150 Å². The maximum atomic E-state index is 12.6. The van der Waals surface area contributed by atoms with Crippen molar-refractivity contribution in [2.24, 2.45) is 5.92 Å². The molecule has 6 nitrogen and oxygen atoms in total. The molecular weight excluding hydrogens is 330 g/mol. The van der Waals surface area contributed by atoms with Crippen LogP contribution in [0.1, 0.15) is 11.1 Å². The van der Waals surface area contributed by atoms with Gasteiger partial charge in [-0.15, -0.1) is 0 Å². The number of nitrogens with zero attached hydrogens (tertiary/aromatic N) is 1. The number of hydrogen-bond acceptors (Lipinski definition) is 4. The number of benzene rings is 2. The molecule has 0 radical (unpaired) electrons. The highest BCUT2D eigenvalue weighted by molar-refractivity contribution is 5.93. The smallest absolute Gasteiger partial charge is 0.231 e. The van der Waals surface area contributed by atoms with Gasteiger partial charge in [-0.05, 0) is 42.2 Å². The first-order valence-electron chi connectivity index (χ1n) is 8.59. The van der Waals surface area contributed by atoms with Crippen molar-refractivity contribution in [1.29, 1.82) is 0 Å². The van der Waals surface area contributed by atoms with Gasteiger partial charge in [0.2, 0.25) is 12.7 Å². The number of nitrogens with one attached hydrogen (secondary N) is 2. The van der Waals surface area contributed by atoms with E-state index in [4.69, 9.17) is 9.47 Å². The van der Waals surface area contributed by atoms with E-state index >= 15 is 0 Å². The van der Waals surface area contributed by atoms with Crippen LogP contribution in [0.4, 0.5) is 5.82 Å². The number of rotatable bonds is 3. The van der Waals surface area contributed by atoms with E-state index in [1.54, 1.807) is 0 Å². The van der Waals surface area contributed by atoms with Crippen LogP contribution in [0.3, 0.4) is 0 Å². The predicted molar refractivity (Wildman–Crippen MR) is 96.1 cm³/mol. The van der Waals surface area contributed by atoms with Crippen molar-refractivity contribution in [2.75, 3.05) is 12.1 Å². The van der Waals surface area contributed by atoms with Crippen LogP contribution in [0.5, 0.6) is 11.5 Å². The highest BCUT2D eigenvalue weighted by Crippen LogP contribution is 2.36. The molecule has 1 aliphatic carbocycles. The Hall–Kier alpha value is -3.28. The Balaban J connectivity index is 1.30. The molecule has 1 amide bonds. The second-order valence-corrected chi connectivity index (χ2v) is 6.60. The summed E-state index contributed by atoms with van der Waals surface area (Å²) in [7, 11) is 0. The quantitative estimate of drug-likeness (QED) is 0.763. The van der Waals surface area contributed by atoms with Crippen molar-refractivity contribution in [2.45, 2.75) is 12.8 Å². The largest absolute Gasteiger partial charge is 0.454 e. The van der Waals surface area contributed by atoms with E-state index in [1.807, 2.05) is 36.4 Å². The van der Waals surface area contributed by atoms with Crippen molar-refractivity contribution in [3.8, 4) is 22.8 Å². The van der Waals surface area contributed by atoms with E-state index < -0.39 is 0 Å². The van der Waals surface area contributed by atoms with Gasteiger partial charge in [0, 0.05) is 17.5 Å². The number of carbonyl (C=O) groups is 1. The Morgan fingerprint density at radius 3 is 2.62 bits per heavy atom. The molecule has 0 fully saturated rings. The molecule has 0 atom stereocenters. The lowest BCUT2D eigenvalue weighted by molar-refractivity contribution is -0.119. The topological polar surface area (TPSA) is 76.2 Å². The van der Waals surface area contributed by atoms with Gasteiger partial charge in [0.05, 0.1) is 5.69 Å². The average Bonchev–Trinajstić information content (AvgIpc) is 3.39. The Morgan fingerprint density at radius 1 is 1.04 bits per heavy atom. The van der Waals surface area contributed by atoms with Gasteiger partial charge in [-0.3, -0.25) is 9.89 Å². The van der Waals surface area contributed by atoms with Gasteiger partial charge in [0.15, 0.2) is 17.3 Å². The number of carbonyl (C=O) groups excluding carboxylic acids is 1. The average molecular weight is 347 g/mol. The number of anilines is 1. The molecule has 2 heterocycles. The van der Waals surface area contributed by atoms with E-state index in [-0.39, 0.29) is 18.6 Å². The van der Waals surface area contributed by atoms with Crippen molar-refractivity contribution < 1.29 is 14.3 Å². The van der Waals surface area contributed by atoms with Gasteiger partial charge in [0.1, 0.15) is 0 Å². The van der Waals surface area contributed by atoms with E-state index in [9.17, 15) is 4.79 Å². The van der Waals surface area contributed by atoms with Crippen LogP contribution in [0.25, 0.3) is 11.3 Å². The van der Waals surface area contributed by atoms with E-state index in [0.29, 0.717) is 11.6 Å². The van der Waals surface area contributed by atoms with Crippen LogP contribution in [0.15, 0.2) is 48.5 Å². The number of amides is 1. The fourth-order valence-corrected chi connectivity index (χ4v) is 3.57. The fraction of sp³-hybridized carbons (Fsp3) is 0.200. The highest BCUT2D eigenvalue weighted by atomic mass is 16.7. The Kier molecular flexibility index (Phi) is 3.41. The molecule has 0 spiro atoms. The first-order valence-corrected chi connectivity index (χ1v) is 8.59. The number of aromatic amines is 1. The second-order valence-electron chi connectivity index (χ2n) is 6.60. The molecule has 1 aliphatic heterocycles. The van der Waals surface area contributed by atoms with Crippen molar-refractivity contribution in [1.82, 2.24) is 10.2 Å². The molecular formula is C20H17N3O3. The summed E-state index contributed by atoms with van der Waals surface area (Å²) in [6.45, 7) is 0.243. The lowest BCUT2D eigenvalue weighted by Crippen LogP contribution is -2.23. The normalized spacial score (nSPS) is 15.1. The zero-order chi connectivity index (χ0) is 17.5. The lowest BCUT2D eigenvalue weighted by atomic mass is 10.1. The SMILES string of the molecule is O=C(Nc1cc(-c2ccc3c(c2)OCO3)[nH]n1)C1Cc2ccccc2C1. The van der Waals surface area contributed by atoms with Crippen LogP contribution in [-0.2, 0) is 17.6 Å². The zero-order valence-corrected chi connectivity index (χ0v) is 14.0. The summed E-state index contributed by atoms with van der Waals surface area (Å²) in [5.74, 6) is 1.94. The highest BCUT2D eigenvalue weighted by Gasteiger charge is 2.27. The molecule has 0 bridgehead atoms. The third-order valence-electron chi connectivity index (χ3n) is 4.93. The summed E-state index contributed by atoms with van der Waals surface area (Å²) in [6, 6.07) is 15.7. The van der Waals surface area contributed by atoms with Gasteiger partial charge in [0.25, 0.3) is 0 Å². The summed E-state index contributed by atoms with van der Waals surface area (Å²) >= 11 is 0. The van der Waals surface area contributed by atoms with Crippen molar-refractivity contribution in [3.63, 3.8) is 0 Å². The third-order valence-corrected chi connectivity index (χ3v) is 4.93. The number of ether oxygens (including phenoxy) is 2. The summed E-state index contributed by atoms with van der Waals surface area (Å²) in [5, 5.41) is 10.1. The summed E-state index contributed by atoms with van der Waals surface area (Å²) in [6.07, 6.45) is 1.56. The molecule has 1 aromatic heterocycles. The monoisotopic (exact) mass is 347 g/mol. The maximum Gasteiger partial charge on any atom is 0.231 e. The van der Waals surface area contributed by atoms with Gasteiger partial charge < -0.3 is 14.8 Å². The summed E-state index contributed by atoms with van der Waals surface area (Å²) in [4.78, 5) is 12.6. The molecule has 6 heteroatoms. The number of H-pyrrole nitrogens is 1. The maximum absolute atomic E-state index is 12.6. The van der Waals surface area contributed by atoms with Gasteiger partial charge >= 0.3 is 0 Å². The van der Waals surface area contributed by atoms with Crippen molar-refractivity contribution >= 4 is 11.7 Å². The van der Waals surface area contributed by atoms with Crippen LogP contribution in [-0.4, -0.2) is 22.9 Å².